The van der Waals surface area contributed by atoms with Crippen LogP contribution in [0.3, 0.4) is 0 Å². The molecule has 1 fully saturated rings. The Morgan fingerprint density at radius 2 is 1.72 bits per heavy atom. The Bertz CT molecular complexity index is 554. The van der Waals surface area contributed by atoms with E-state index in [9.17, 15) is 0 Å². The quantitative estimate of drug-likeness (QED) is 0.811. The van der Waals surface area contributed by atoms with Gasteiger partial charge in [0, 0.05) is 6.42 Å². The van der Waals surface area contributed by atoms with Gasteiger partial charge in [-0.3, -0.25) is 0 Å². The highest BCUT2D eigenvalue weighted by atomic mass is 16.7. The molecule has 1 saturated heterocycles. The summed E-state index contributed by atoms with van der Waals surface area (Å²) in [6, 6.07) is 14.8. The van der Waals surface area contributed by atoms with Crippen molar-refractivity contribution in [2.24, 2.45) is 0 Å². The number of hydrogen-bond donors (Lipinski definition) is 0. The molecule has 3 rings (SSSR count). The standard InChI is InChI=1S/C16H15O2/c1-2-6-15-12-13(8-9-14(15)5-1)4-3-7-16-17-10-11-18-16/h1-6,8-9,12H,7,10-11H2. The summed E-state index contributed by atoms with van der Waals surface area (Å²) in [5.74, 6) is 0. The minimum atomic E-state index is 0.680. The predicted molar refractivity (Wildman–Crippen MR) is 72.7 cm³/mol. The Hall–Kier alpha value is -1.64. The van der Waals surface area contributed by atoms with E-state index in [1.54, 1.807) is 0 Å². The van der Waals surface area contributed by atoms with Gasteiger partial charge in [0.1, 0.15) is 0 Å². The molecule has 1 heterocycles. The topological polar surface area (TPSA) is 18.5 Å². The molecule has 0 unspecified atom stereocenters. The van der Waals surface area contributed by atoms with E-state index < -0.39 is 0 Å². The van der Waals surface area contributed by atoms with Gasteiger partial charge in [0.25, 0.3) is 0 Å². The lowest BCUT2D eigenvalue weighted by atomic mass is 10.1. The summed E-state index contributed by atoms with van der Waals surface area (Å²) >= 11 is 0. The summed E-state index contributed by atoms with van der Waals surface area (Å²) in [4.78, 5) is 0. The number of hydrogen-bond acceptors (Lipinski definition) is 2. The Balaban J connectivity index is 1.71. The van der Waals surface area contributed by atoms with Crippen LogP contribution < -0.4 is 0 Å². The van der Waals surface area contributed by atoms with Crippen molar-refractivity contribution in [1.29, 1.82) is 0 Å². The van der Waals surface area contributed by atoms with E-state index in [4.69, 9.17) is 9.47 Å². The predicted octanol–water partition coefficient (Wildman–Crippen LogP) is 3.78. The first-order chi connectivity index (χ1) is 8.92. The lowest BCUT2D eigenvalue weighted by molar-refractivity contribution is 0.0736. The lowest BCUT2D eigenvalue weighted by Crippen LogP contribution is -1.93. The van der Waals surface area contributed by atoms with Crippen LogP contribution in [-0.2, 0) is 9.47 Å². The van der Waals surface area contributed by atoms with Gasteiger partial charge in [-0.1, -0.05) is 48.6 Å². The van der Waals surface area contributed by atoms with E-state index in [0.29, 0.717) is 13.2 Å². The van der Waals surface area contributed by atoms with Crippen molar-refractivity contribution in [2.45, 2.75) is 6.42 Å². The molecular formula is C16H15O2. The summed E-state index contributed by atoms with van der Waals surface area (Å²) in [5.41, 5.74) is 1.20. The largest absolute Gasteiger partial charge is 0.343 e. The average molecular weight is 239 g/mol. The van der Waals surface area contributed by atoms with E-state index in [1.165, 1.54) is 16.3 Å². The molecule has 18 heavy (non-hydrogen) atoms. The van der Waals surface area contributed by atoms with E-state index in [2.05, 4.69) is 54.6 Å². The first-order valence-corrected chi connectivity index (χ1v) is 6.18. The van der Waals surface area contributed by atoms with Crippen LogP contribution in [0, 0.1) is 6.29 Å². The highest BCUT2D eigenvalue weighted by Gasteiger charge is 2.15. The van der Waals surface area contributed by atoms with Crippen molar-refractivity contribution in [3.8, 4) is 0 Å². The van der Waals surface area contributed by atoms with Crippen molar-refractivity contribution >= 4 is 16.8 Å². The molecule has 1 aliphatic rings. The van der Waals surface area contributed by atoms with Gasteiger partial charge in [-0.15, -0.1) is 0 Å². The van der Waals surface area contributed by atoms with Crippen LogP contribution in [0.15, 0.2) is 48.5 Å². The second-order valence-corrected chi connectivity index (χ2v) is 4.28. The zero-order valence-electron chi connectivity index (χ0n) is 10.1. The van der Waals surface area contributed by atoms with Crippen molar-refractivity contribution in [1.82, 2.24) is 0 Å². The Morgan fingerprint density at radius 3 is 2.56 bits per heavy atom. The molecule has 2 aromatic rings. The fraction of sp³-hybridized carbons (Fsp3) is 0.188. The smallest absolute Gasteiger partial charge is 0.227 e. The van der Waals surface area contributed by atoms with Gasteiger partial charge in [-0.05, 0) is 22.4 Å². The van der Waals surface area contributed by atoms with E-state index in [-0.39, 0.29) is 0 Å². The van der Waals surface area contributed by atoms with Crippen LogP contribution >= 0.6 is 0 Å². The molecule has 2 nitrogen and oxygen atoms in total. The zero-order valence-corrected chi connectivity index (χ0v) is 10.1. The Morgan fingerprint density at radius 1 is 0.944 bits per heavy atom. The summed E-state index contributed by atoms with van der Waals surface area (Å²) < 4.78 is 10.6. The molecule has 0 amide bonds. The van der Waals surface area contributed by atoms with Gasteiger partial charge in [0.15, 0.2) is 0 Å². The first-order valence-electron chi connectivity index (χ1n) is 6.18. The third kappa shape index (κ3) is 2.61. The molecule has 0 N–H and O–H groups in total. The van der Waals surface area contributed by atoms with E-state index in [0.717, 1.165) is 12.7 Å². The third-order valence-corrected chi connectivity index (χ3v) is 2.98. The fourth-order valence-corrected chi connectivity index (χ4v) is 2.07. The van der Waals surface area contributed by atoms with Crippen molar-refractivity contribution in [3.05, 3.63) is 60.4 Å². The summed E-state index contributed by atoms with van der Waals surface area (Å²) in [6.45, 7) is 1.36. The number of benzene rings is 2. The maximum Gasteiger partial charge on any atom is 0.227 e. The fourth-order valence-electron chi connectivity index (χ4n) is 2.07. The Labute approximate surface area is 107 Å². The highest BCUT2D eigenvalue weighted by Crippen LogP contribution is 2.19. The normalized spacial score (nSPS) is 16.9. The second-order valence-electron chi connectivity index (χ2n) is 4.28. The molecule has 0 aromatic heterocycles. The van der Waals surface area contributed by atoms with E-state index in [1.807, 2.05) is 0 Å². The van der Waals surface area contributed by atoms with Crippen molar-refractivity contribution in [2.75, 3.05) is 13.2 Å². The molecule has 2 aromatic carbocycles. The van der Waals surface area contributed by atoms with Gasteiger partial charge in [0.05, 0.1) is 13.2 Å². The molecule has 1 radical (unpaired) electrons. The average Bonchev–Trinajstić information content (AvgIpc) is 2.92. The summed E-state index contributed by atoms with van der Waals surface area (Å²) in [7, 11) is 0. The van der Waals surface area contributed by atoms with Crippen LogP contribution in [-0.4, -0.2) is 13.2 Å². The Kier molecular flexibility index (Phi) is 3.40. The van der Waals surface area contributed by atoms with Gasteiger partial charge in [-0.2, -0.15) is 0 Å². The lowest BCUT2D eigenvalue weighted by Gasteiger charge is -2.02. The molecule has 0 bridgehead atoms. The third-order valence-electron chi connectivity index (χ3n) is 2.98. The first kappa shape index (κ1) is 11.5. The number of rotatable bonds is 3. The number of ether oxygens (including phenoxy) is 2. The highest BCUT2D eigenvalue weighted by molar-refractivity contribution is 5.84. The minimum Gasteiger partial charge on any atom is -0.343 e. The SMILES string of the molecule is C(=Cc1ccc2ccccc2c1)C[C]1OCCO1. The molecule has 0 saturated carbocycles. The van der Waals surface area contributed by atoms with Gasteiger partial charge < -0.3 is 9.47 Å². The molecule has 2 heteroatoms. The van der Waals surface area contributed by atoms with Crippen molar-refractivity contribution in [3.63, 3.8) is 0 Å². The maximum absolute atomic E-state index is 5.30. The molecule has 91 valence electrons. The zero-order chi connectivity index (χ0) is 12.2. The van der Waals surface area contributed by atoms with Crippen LogP contribution in [0.2, 0.25) is 0 Å². The molecular weight excluding hydrogens is 224 g/mol. The second kappa shape index (κ2) is 5.34. The van der Waals surface area contributed by atoms with Crippen molar-refractivity contribution < 1.29 is 9.47 Å². The molecule has 0 spiro atoms. The summed E-state index contributed by atoms with van der Waals surface area (Å²) in [5, 5.41) is 2.53. The van der Waals surface area contributed by atoms with Crippen LogP contribution in [0.1, 0.15) is 12.0 Å². The molecule has 0 atom stereocenters. The van der Waals surface area contributed by atoms with Gasteiger partial charge >= 0.3 is 0 Å². The van der Waals surface area contributed by atoms with Crippen LogP contribution in [0.4, 0.5) is 0 Å². The monoisotopic (exact) mass is 239 g/mol. The van der Waals surface area contributed by atoms with Crippen LogP contribution in [0.25, 0.3) is 16.8 Å². The van der Waals surface area contributed by atoms with Crippen LogP contribution in [0.5, 0.6) is 0 Å². The maximum atomic E-state index is 5.30. The van der Waals surface area contributed by atoms with E-state index >= 15 is 0 Å². The summed E-state index contributed by atoms with van der Waals surface area (Å²) in [6.07, 6.45) is 5.63. The number of fused-ring (bicyclic) bond motifs is 1. The van der Waals surface area contributed by atoms with Gasteiger partial charge in [-0.25, -0.2) is 0 Å². The molecule has 0 aliphatic carbocycles. The molecule has 1 aliphatic heterocycles. The van der Waals surface area contributed by atoms with Gasteiger partial charge in [0.2, 0.25) is 6.29 Å². The minimum absolute atomic E-state index is 0.680.